The second kappa shape index (κ2) is 18.6. The minimum absolute atomic E-state index is 0.122. The average Bonchev–Trinajstić information content (AvgIpc) is 3.85. The number of thiazole rings is 1. The molecule has 0 radical (unpaired) electrons. The van der Waals surface area contributed by atoms with E-state index in [0.29, 0.717) is 50.4 Å². The van der Waals surface area contributed by atoms with Crippen LogP contribution in [0.2, 0.25) is 0 Å². The molecule has 3 aromatic heterocycles. The number of cyclic esters (lactones) is 1. The van der Waals surface area contributed by atoms with Crippen LogP contribution in [0.15, 0.2) is 41.9 Å². The van der Waals surface area contributed by atoms with E-state index in [9.17, 15) is 19.2 Å². The number of hydrazine groups is 1. The number of methoxy groups -OCH3 is 1. The van der Waals surface area contributed by atoms with Gasteiger partial charge in [0.25, 0.3) is 5.91 Å². The number of nitrogens with zero attached hydrogens (tertiary/aromatic N) is 6. The number of hydrogen-bond donors (Lipinski definition) is 2. The summed E-state index contributed by atoms with van der Waals surface area (Å²) in [6, 6.07) is 7.69. The average molecular weight is 855 g/mol. The highest BCUT2D eigenvalue weighted by Crippen LogP contribution is 2.42. The molecule has 2 fully saturated rings. The molecular formula is C46H62N8O6S. The van der Waals surface area contributed by atoms with Crippen molar-refractivity contribution >= 4 is 46.1 Å². The van der Waals surface area contributed by atoms with E-state index in [-0.39, 0.29) is 37.0 Å². The van der Waals surface area contributed by atoms with Crippen molar-refractivity contribution in [2.45, 2.75) is 117 Å². The van der Waals surface area contributed by atoms with Crippen molar-refractivity contribution in [1.82, 2.24) is 40.1 Å². The molecule has 15 heteroatoms. The number of esters is 1. The quantitative estimate of drug-likeness (QED) is 0.183. The Morgan fingerprint density at radius 3 is 2.59 bits per heavy atom. The van der Waals surface area contributed by atoms with Gasteiger partial charge in [-0.1, -0.05) is 33.8 Å². The smallest absolute Gasteiger partial charge is 0.324 e. The Morgan fingerprint density at radius 2 is 1.87 bits per heavy atom. The summed E-state index contributed by atoms with van der Waals surface area (Å²) >= 11 is 1.43. The Morgan fingerprint density at radius 1 is 1.10 bits per heavy atom. The molecule has 6 heterocycles. The lowest BCUT2D eigenvalue weighted by Crippen LogP contribution is -2.62. The molecule has 0 spiro atoms. The first-order valence-electron chi connectivity index (χ1n) is 21.9. The van der Waals surface area contributed by atoms with Crippen LogP contribution in [0, 0.1) is 11.3 Å². The van der Waals surface area contributed by atoms with Gasteiger partial charge in [0.05, 0.1) is 34.8 Å². The lowest BCUT2D eigenvalue weighted by atomic mass is 9.84. The molecule has 3 aliphatic heterocycles. The van der Waals surface area contributed by atoms with Crippen LogP contribution >= 0.6 is 11.3 Å². The Balaban J connectivity index is 1.29. The number of likely N-dealkylation sites (tertiary alicyclic amines) is 1. The second-order valence-electron chi connectivity index (χ2n) is 17.9. The summed E-state index contributed by atoms with van der Waals surface area (Å²) in [5.41, 5.74) is 9.43. The number of pyridine rings is 1. The lowest BCUT2D eigenvalue weighted by molar-refractivity contribution is -0.155. The van der Waals surface area contributed by atoms with E-state index < -0.39 is 35.4 Å². The maximum Gasteiger partial charge on any atom is 0.324 e. The van der Waals surface area contributed by atoms with Crippen LogP contribution in [0.1, 0.15) is 96.0 Å². The third kappa shape index (κ3) is 9.34. The van der Waals surface area contributed by atoms with Gasteiger partial charge in [-0.2, -0.15) is 0 Å². The van der Waals surface area contributed by atoms with Crippen molar-refractivity contribution in [2.75, 3.05) is 40.4 Å². The molecule has 0 saturated carbocycles. The Hall–Kier alpha value is -4.86. The predicted octanol–water partition coefficient (Wildman–Crippen LogP) is 6.76. The maximum atomic E-state index is 14.5. The Bertz CT molecular complexity index is 2240. The van der Waals surface area contributed by atoms with Crippen LogP contribution in [-0.2, 0) is 43.2 Å². The molecule has 2 saturated heterocycles. The van der Waals surface area contributed by atoms with Crippen LogP contribution in [0.25, 0.3) is 33.4 Å². The van der Waals surface area contributed by atoms with Crippen molar-refractivity contribution in [3.63, 3.8) is 0 Å². The van der Waals surface area contributed by atoms with Crippen molar-refractivity contribution in [3.05, 3.63) is 58.2 Å². The molecule has 4 aromatic rings. The first-order valence-corrected chi connectivity index (χ1v) is 22.7. The first kappa shape index (κ1) is 44.2. The number of aromatic nitrogens is 3. The zero-order valence-corrected chi connectivity index (χ0v) is 37.8. The third-order valence-electron chi connectivity index (χ3n) is 12.4. The highest BCUT2D eigenvalue weighted by Gasteiger charge is 2.39. The monoisotopic (exact) mass is 854 g/mol. The summed E-state index contributed by atoms with van der Waals surface area (Å²) in [7, 11) is 3.36. The normalized spacial score (nSPS) is 20.9. The summed E-state index contributed by atoms with van der Waals surface area (Å²) in [5.74, 6) is -1.46. The van der Waals surface area contributed by atoms with Crippen LogP contribution in [0.5, 0.6) is 0 Å². The van der Waals surface area contributed by atoms with Crippen molar-refractivity contribution < 1.29 is 28.7 Å². The number of ether oxygens (including phenoxy) is 2. The van der Waals surface area contributed by atoms with Crippen molar-refractivity contribution in [1.29, 1.82) is 0 Å². The highest BCUT2D eigenvalue weighted by atomic mass is 32.1. The zero-order chi connectivity index (χ0) is 43.6. The van der Waals surface area contributed by atoms with Crippen LogP contribution in [0.4, 0.5) is 4.79 Å². The van der Waals surface area contributed by atoms with Gasteiger partial charge in [-0.05, 0) is 88.1 Å². The van der Waals surface area contributed by atoms with Gasteiger partial charge >= 0.3 is 12.0 Å². The third-order valence-corrected chi connectivity index (χ3v) is 13.3. The minimum atomic E-state index is -1.02. The molecule has 3 aliphatic rings. The molecule has 0 aliphatic carbocycles. The topological polar surface area (TPSA) is 151 Å². The lowest BCUT2D eigenvalue weighted by Gasteiger charge is -2.38. The Kier molecular flexibility index (Phi) is 13.5. The number of piperidine rings is 1. The summed E-state index contributed by atoms with van der Waals surface area (Å²) in [4.78, 5) is 69.5. The molecule has 14 nitrogen and oxygen atoms in total. The van der Waals surface area contributed by atoms with E-state index in [0.717, 1.165) is 63.9 Å². The summed E-state index contributed by atoms with van der Waals surface area (Å²) in [6.45, 7) is 14.7. The standard InChI is InChI=1S/C46H62N8O6S/c1-9-53-37-18-17-30-23-32(37)33(41(53)31-15-13-19-47-39(31)29(4)59-8)25-46(5,6)27-60-44(57)34-16-14-22-54(50-34)43(56)35(24-38-48-36(30)26-61-38)49-42(55)40(28(2)3)51(7)45(58)52-20-11-10-12-21-52/h13,15,17-19,23,26,28-29,34-35,40,50H,9-12,14,16,20-22,24-25,27H2,1-8H3,(H,49,55)/t29-,34-,35-,40-/m0/s1. The summed E-state index contributed by atoms with van der Waals surface area (Å²) < 4.78 is 14.2. The molecule has 6 bridgehead atoms. The van der Waals surface area contributed by atoms with Gasteiger partial charge in [-0.15, -0.1) is 11.3 Å². The SMILES string of the molecule is CCn1c(-c2cccnc2[C@H](C)OC)c2c3cc(ccc31)-c1csc(n1)C[C@H](NC(=O)[C@H](C(C)C)N(C)C(=O)N1CCCCC1)C(=O)N1CCC[C@H](N1)C(=O)OCC(C)(C)C2. The fourth-order valence-corrected chi connectivity index (χ4v) is 10.0. The van der Waals surface area contributed by atoms with E-state index in [2.05, 4.69) is 60.3 Å². The number of nitrogens with one attached hydrogen (secondary N) is 2. The zero-order valence-electron chi connectivity index (χ0n) is 37.0. The van der Waals surface area contributed by atoms with E-state index >= 15 is 0 Å². The van der Waals surface area contributed by atoms with Gasteiger partial charge in [-0.25, -0.2) is 15.2 Å². The molecule has 61 heavy (non-hydrogen) atoms. The fraction of sp³-hybridized carbons (Fsp3) is 0.565. The number of urea groups is 1. The van der Waals surface area contributed by atoms with E-state index in [1.54, 1.807) is 25.3 Å². The highest BCUT2D eigenvalue weighted by molar-refractivity contribution is 7.10. The number of amides is 4. The first-order chi connectivity index (χ1) is 29.2. The van der Waals surface area contributed by atoms with Crippen molar-refractivity contribution in [2.24, 2.45) is 11.3 Å². The summed E-state index contributed by atoms with van der Waals surface area (Å²) in [6.07, 6.45) is 6.28. The van der Waals surface area contributed by atoms with Crippen LogP contribution < -0.4 is 10.7 Å². The van der Waals surface area contributed by atoms with E-state index in [4.69, 9.17) is 19.4 Å². The molecule has 4 amide bonds. The van der Waals surface area contributed by atoms with Gasteiger partial charge in [-0.3, -0.25) is 24.4 Å². The predicted molar refractivity (Wildman–Crippen MR) is 237 cm³/mol. The molecule has 4 atom stereocenters. The number of fused-ring (bicyclic) bond motifs is 6. The largest absolute Gasteiger partial charge is 0.464 e. The van der Waals surface area contributed by atoms with E-state index in [1.165, 1.54) is 21.2 Å². The van der Waals surface area contributed by atoms with Gasteiger partial charge < -0.3 is 29.2 Å². The number of rotatable bonds is 8. The van der Waals surface area contributed by atoms with Crippen LogP contribution in [0.3, 0.4) is 0 Å². The number of benzene rings is 1. The van der Waals surface area contributed by atoms with Gasteiger partial charge in [0.1, 0.15) is 18.1 Å². The second-order valence-corrected chi connectivity index (χ2v) is 18.8. The molecule has 2 N–H and O–H groups in total. The number of carbonyl (C=O) groups excluding carboxylic acids is 4. The van der Waals surface area contributed by atoms with Gasteiger partial charge in [0, 0.05) is 85.8 Å². The molecule has 328 valence electrons. The Labute approximate surface area is 363 Å². The van der Waals surface area contributed by atoms with Crippen molar-refractivity contribution in [3.8, 4) is 22.5 Å². The van der Waals surface area contributed by atoms with Crippen LogP contribution in [-0.4, -0.2) is 112 Å². The molecular weight excluding hydrogens is 793 g/mol. The number of likely N-dealkylation sites (N-methyl/N-ethyl adjacent to an activating group) is 1. The minimum Gasteiger partial charge on any atom is -0.464 e. The maximum absolute atomic E-state index is 14.5. The van der Waals surface area contributed by atoms with Gasteiger partial charge in [0.15, 0.2) is 0 Å². The summed E-state index contributed by atoms with van der Waals surface area (Å²) in [5, 5.41) is 8.23. The molecule has 7 rings (SSSR count). The number of hydrogen-bond acceptors (Lipinski definition) is 10. The van der Waals surface area contributed by atoms with E-state index in [1.807, 2.05) is 32.2 Å². The van der Waals surface area contributed by atoms with Gasteiger partial charge in [0.2, 0.25) is 5.91 Å². The molecule has 0 unspecified atom stereocenters. The fourth-order valence-electron chi connectivity index (χ4n) is 9.17. The number of aryl methyl sites for hydroxylation is 1. The molecule has 1 aromatic carbocycles. The number of carbonyl (C=O) groups is 4.